The summed E-state index contributed by atoms with van der Waals surface area (Å²) in [5.41, 5.74) is 5.80. The van der Waals surface area contributed by atoms with Gasteiger partial charge in [-0.2, -0.15) is 0 Å². The van der Waals surface area contributed by atoms with Gasteiger partial charge in [-0.15, -0.1) is 13.2 Å². The molecule has 84 valence electrons. The average Bonchev–Trinajstić information content (AvgIpc) is 2.15. The molecule has 3 nitrogen and oxygen atoms in total. The number of para-hydroxylation sites is 1. The smallest absolute Gasteiger partial charge is 0.493 e. The first-order valence-corrected chi connectivity index (χ1v) is 4.09. The number of alkyl halides is 3. The molecule has 0 amide bonds. The summed E-state index contributed by atoms with van der Waals surface area (Å²) in [6, 6.07) is 4.17. The second-order valence-electron chi connectivity index (χ2n) is 2.70. The predicted octanol–water partition coefficient (Wildman–Crippen LogP) is 2.05. The van der Waals surface area contributed by atoms with Crippen LogP contribution in [0.25, 0.3) is 0 Å². The zero-order valence-electron chi connectivity index (χ0n) is 7.97. The number of methoxy groups -OCH3 is 1. The van der Waals surface area contributed by atoms with Gasteiger partial charge in [-0.1, -0.05) is 12.1 Å². The van der Waals surface area contributed by atoms with Crippen molar-refractivity contribution in [2.75, 3.05) is 7.11 Å². The van der Waals surface area contributed by atoms with Crippen LogP contribution in [0, 0.1) is 0 Å². The van der Waals surface area contributed by atoms with Gasteiger partial charge in [0.2, 0.25) is 0 Å². The Morgan fingerprint density at radius 2 is 2.00 bits per heavy atom. The van der Waals surface area contributed by atoms with Crippen molar-refractivity contribution in [3.63, 3.8) is 0 Å². The van der Waals surface area contributed by atoms with E-state index in [2.05, 4.69) is 4.74 Å². The Hall–Kier alpha value is -1.43. The highest BCUT2D eigenvalue weighted by molar-refractivity contribution is 5.46. The Bertz CT molecular complexity index is 339. The van der Waals surface area contributed by atoms with Crippen LogP contribution < -0.4 is 15.2 Å². The van der Waals surface area contributed by atoms with Crippen molar-refractivity contribution >= 4 is 0 Å². The molecular formula is C9H10F3NO2. The van der Waals surface area contributed by atoms with Crippen molar-refractivity contribution in [3.8, 4) is 11.5 Å². The molecule has 0 atom stereocenters. The van der Waals surface area contributed by atoms with Crippen molar-refractivity contribution in [1.82, 2.24) is 0 Å². The van der Waals surface area contributed by atoms with Crippen LogP contribution in [-0.2, 0) is 6.54 Å². The number of nitrogens with two attached hydrogens (primary N) is 1. The van der Waals surface area contributed by atoms with Crippen LogP contribution in [0.4, 0.5) is 13.2 Å². The topological polar surface area (TPSA) is 44.5 Å². The van der Waals surface area contributed by atoms with Gasteiger partial charge in [0.15, 0.2) is 11.5 Å². The minimum absolute atomic E-state index is 0.0114. The molecule has 15 heavy (non-hydrogen) atoms. The van der Waals surface area contributed by atoms with E-state index in [4.69, 9.17) is 10.5 Å². The van der Waals surface area contributed by atoms with Crippen LogP contribution in [0.5, 0.6) is 11.5 Å². The lowest BCUT2D eigenvalue weighted by molar-refractivity contribution is -0.275. The van der Waals surface area contributed by atoms with Gasteiger partial charge >= 0.3 is 6.36 Å². The van der Waals surface area contributed by atoms with E-state index in [-0.39, 0.29) is 18.0 Å². The van der Waals surface area contributed by atoms with E-state index in [0.717, 1.165) is 0 Å². The SMILES string of the molecule is COc1c(CN)cccc1OC(F)(F)F. The lowest BCUT2D eigenvalue weighted by Gasteiger charge is -2.14. The Balaban J connectivity index is 3.06. The van der Waals surface area contributed by atoms with Crippen molar-refractivity contribution < 1.29 is 22.6 Å². The van der Waals surface area contributed by atoms with Crippen LogP contribution in [0.3, 0.4) is 0 Å². The third-order valence-electron chi connectivity index (χ3n) is 1.71. The second-order valence-corrected chi connectivity index (χ2v) is 2.70. The van der Waals surface area contributed by atoms with Gasteiger partial charge in [-0.3, -0.25) is 0 Å². The van der Waals surface area contributed by atoms with Gasteiger partial charge in [0.25, 0.3) is 0 Å². The summed E-state index contributed by atoms with van der Waals surface area (Å²) < 4.78 is 44.5. The van der Waals surface area contributed by atoms with Gasteiger partial charge in [0.1, 0.15) is 0 Å². The summed E-state index contributed by atoms with van der Waals surface area (Å²) in [5, 5.41) is 0. The molecule has 0 aliphatic rings. The summed E-state index contributed by atoms with van der Waals surface area (Å²) in [6.07, 6.45) is -4.74. The molecule has 0 aliphatic heterocycles. The average molecular weight is 221 g/mol. The standard InChI is InChI=1S/C9H10F3NO2/c1-14-8-6(5-13)3-2-4-7(8)15-9(10,11)12/h2-4H,5,13H2,1H3. The second kappa shape index (κ2) is 4.39. The molecule has 1 aromatic rings. The fourth-order valence-corrected chi connectivity index (χ4v) is 1.16. The number of hydrogen-bond donors (Lipinski definition) is 1. The molecule has 0 aliphatic carbocycles. The minimum Gasteiger partial charge on any atom is -0.493 e. The lowest BCUT2D eigenvalue weighted by atomic mass is 10.2. The van der Waals surface area contributed by atoms with Crippen molar-refractivity contribution in [2.24, 2.45) is 5.73 Å². The molecule has 0 heterocycles. The van der Waals surface area contributed by atoms with Gasteiger partial charge in [-0.25, -0.2) is 0 Å². The number of rotatable bonds is 3. The summed E-state index contributed by atoms with van der Waals surface area (Å²) in [5.74, 6) is -0.370. The first kappa shape index (κ1) is 11.6. The van der Waals surface area contributed by atoms with Crippen LogP contribution in [0.1, 0.15) is 5.56 Å². The van der Waals surface area contributed by atoms with Gasteiger partial charge in [0.05, 0.1) is 7.11 Å². The molecule has 1 aromatic carbocycles. The molecule has 0 unspecified atom stereocenters. The maximum Gasteiger partial charge on any atom is 0.573 e. The Morgan fingerprint density at radius 1 is 1.33 bits per heavy atom. The molecule has 0 aromatic heterocycles. The van der Waals surface area contributed by atoms with E-state index in [1.165, 1.54) is 19.2 Å². The monoisotopic (exact) mass is 221 g/mol. The van der Waals surface area contributed by atoms with Crippen LogP contribution in [0.2, 0.25) is 0 Å². The minimum atomic E-state index is -4.74. The third-order valence-corrected chi connectivity index (χ3v) is 1.71. The van der Waals surface area contributed by atoms with Crippen molar-refractivity contribution in [2.45, 2.75) is 12.9 Å². The molecule has 2 N–H and O–H groups in total. The number of halogens is 3. The van der Waals surface area contributed by atoms with E-state index in [9.17, 15) is 13.2 Å². The molecule has 6 heteroatoms. The Labute approximate surface area is 84.6 Å². The van der Waals surface area contributed by atoms with E-state index in [1.807, 2.05) is 0 Å². The highest BCUT2D eigenvalue weighted by Crippen LogP contribution is 2.34. The fraction of sp³-hybridized carbons (Fsp3) is 0.333. The van der Waals surface area contributed by atoms with E-state index in [0.29, 0.717) is 5.56 Å². The van der Waals surface area contributed by atoms with Gasteiger partial charge < -0.3 is 15.2 Å². The molecular weight excluding hydrogens is 211 g/mol. The zero-order chi connectivity index (χ0) is 11.5. The Morgan fingerprint density at radius 3 is 2.47 bits per heavy atom. The van der Waals surface area contributed by atoms with Crippen LogP contribution >= 0.6 is 0 Å². The van der Waals surface area contributed by atoms with Gasteiger partial charge in [0, 0.05) is 12.1 Å². The molecule has 0 radical (unpaired) electrons. The largest absolute Gasteiger partial charge is 0.573 e. The van der Waals surface area contributed by atoms with E-state index in [1.54, 1.807) is 6.07 Å². The maximum absolute atomic E-state index is 12.0. The zero-order valence-corrected chi connectivity index (χ0v) is 7.97. The first-order chi connectivity index (χ1) is 6.98. The van der Waals surface area contributed by atoms with Crippen molar-refractivity contribution in [1.29, 1.82) is 0 Å². The van der Waals surface area contributed by atoms with E-state index >= 15 is 0 Å². The fourth-order valence-electron chi connectivity index (χ4n) is 1.16. The highest BCUT2D eigenvalue weighted by atomic mass is 19.4. The molecule has 0 bridgehead atoms. The summed E-state index contributed by atoms with van der Waals surface area (Å²) >= 11 is 0. The summed E-state index contributed by atoms with van der Waals surface area (Å²) in [4.78, 5) is 0. The molecule has 0 fully saturated rings. The maximum atomic E-state index is 12.0. The van der Waals surface area contributed by atoms with Gasteiger partial charge in [-0.05, 0) is 6.07 Å². The quantitative estimate of drug-likeness (QED) is 0.849. The predicted molar refractivity (Wildman–Crippen MR) is 47.6 cm³/mol. The molecule has 0 saturated heterocycles. The first-order valence-electron chi connectivity index (χ1n) is 4.09. The van der Waals surface area contributed by atoms with Crippen molar-refractivity contribution in [3.05, 3.63) is 23.8 Å². The molecule has 0 saturated carbocycles. The lowest BCUT2D eigenvalue weighted by Crippen LogP contribution is -2.18. The number of hydrogen-bond acceptors (Lipinski definition) is 3. The Kier molecular flexibility index (Phi) is 3.41. The third kappa shape index (κ3) is 3.02. The summed E-state index contributed by atoms with van der Waals surface area (Å²) in [7, 11) is 1.26. The number of ether oxygens (including phenoxy) is 2. The normalized spacial score (nSPS) is 11.3. The van der Waals surface area contributed by atoms with Crippen LogP contribution in [-0.4, -0.2) is 13.5 Å². The number of benzene rings is 1. The van der Waals surface area contributed by atoms with E-state index < -0.39 is 6.36 Å². The van der Waals surface area contributed by atoms with Crippen LogP contribution in [0.15, 0.2) is 18.2 Å². The molecule has 0 spiro atoms. The summed E-state index contributed by atoms with van der Waals surface area (Å²) in [6.45, 7) is 0.0816. The molecule has 1 rings (SSSR count). The highest BCUT2D eigenvalue weighted by Gasteiger charge is 2.32.